The topological polar surface area (TPSA) is 95.6 Å². The predicted molar refractivity (Wildman–Crippen MR) is 149 cm³/mol. The van der Waals surface area contributed by atoms with E-state index >= 15 is 0 Å². The molecule has 0 bridgehead atoms. The minimum Gasteiger partial charge on any atom is -0.340 e. The maximum absolute atomic E-state index is 13.4. The summed E-state index contributed by atoms with van der Waals surface area (Å²) in [5.74, 6) is -0.740. The maximum Gasteiger partial charge on any atom is 0.251 e. The van der Waals surface area contributed by atoms with E-state index in [0.29, 0.717) is 24.4 Å². The molecule has 204 valence electrons. The van der Waals surface area contributed by atoms with Crippen molar-refractivity contribution < 1.29 is 22.4 Å². The van der Waals surface area contributed by atoms with Crippen molar-refractivity contribution in [2.75, 3.05) is 31.1 Å². The third-order valence-electron chi connectivity index (χ3n) is 7.42. The summed E-state index contributed by atoms with van der Waals surface area (Å²) >= 11 is 0. The summed E-state index contributed by atoms with van der Waals surface area (Å²) in [6, 6.07) is 22.9. The van der Waals surface area contributed by atoms with Crippen molar-refractivity contribution in [2.45, 2.75) is 30.8 Å². The Morgan fingerprint density at radius 2 is 1.62 bits per heavy atom. The Hall–Kier alpha value is -3.56. The second-order valence-electron chi connectivity index (χ2n) is 10.2. The molecule has 1 aliphatic heterocycles. The zero-order valence-corrected chi connectivity index (χ0v) is 22.4. The first-order valence-corrected chi connectivity index (χ1v) is 15.1. The molecule has 39 heavy (non-hydrogen) atoms. The quantitative estimate of drug-likeness (QED) is 0.427. The molecule has 3 aromatic carbocycles. The molecule has 5 rings (SSSR count). The Morgan fingerprint density at radius 1 is 0.923 bits per heavy atom. The molecule has 1 heterocycles. The van der Waals surface area contributed by atoms with Crippen molar-refractivity contribution in [3.05, 3.63) is 95.8 Å². The number of amides is 2. The molecule has 3 atom stereocenters. The van der Waals surface area contributed by atoms with Gasteiger partial charge >= 0.3 is 0 Å². The van der Waals surface area contributed by atoms with Gasteiger partial charge in [0.2, 0.25) is 5.91 Å². The Balaban J connectivity index is 1.24. The van der Waals surface area contributed by atoms with Gasteiger partial charge in [-0.1, -0.05) is 54.6 Å². The van der Waals surface area contributed by atoms with Gasteiger partial charge in [-0.05, 0) is 60.3 Å². The summed E-state index contributed by atoms with van der Waals surface area (Å²) in [7, 11) is -3.14. The Kier molecular flexibility index (Phi) is 8.09. The van der Waals surface area contributed by atoms with E-state index in [0.717, 1.165) is 23.1 Å². The first kappa shape index (κ1) is 27.0. The van der Waals surface area contributed by atoms with Gasteiger partial charge in [0.25, 0.3) is 5.91 Å². The molecule has 3 aromatic rings. The smallest absolute Gasteiger partial charge is 0.251 e. The van der Waals surface area contributed by atoms with Gasteiger partial charge < -0.3 is 15.5 Å². The van der Waals surface area contributed by atoms with Crippen LogP contribution in [-0.2, 0) is 14.6 Å². The number of hydrogen-bond donors (Lipinski definition) is 2. The van der Waals surface area contributed by atoms with Crippen LogP contribution in [0.2, 0.25) is 0 Å². The molecule has 7 nitrogen and oxygen atoms in total. The van der Waals surface area contributed by atoms with E-state index in [9.17, 15) is 22.4 Å². The van der Waals surface area contributed by atoms with E-state index in [1.807, 2.05) is 42.5 Å². The Labute approximate surface area is 228 Å². The van der Waals surface area contributed by atoms with Crippen LogP contribution >= 0.6 is 0 Å². The van der Waals surface area contributed by atoms with Gasteiger partial charge in [0.1, 0.15) is 11.9 Å². The van der Waals surface area contributed by atoms with Crippen LogP contribution in [0.1, 0.15) is 34.7 Å². The summed E-state index contributed by atoms with van der Waals surface area (Å²) in [5, 5.41) is 6.36. The summed E-state index contributed by atoms with van der Waals surface area (Å²) in [4.78, 5) is 28.2. The lowest BCUT2D eigenvalue weighted by Gasteiger charge is -2.30. The van der Waals surface area contributed by atoms with Crippen LogP contribution in [0, 0.1) is 5.82 Å². The first-order valence-electron chi connectivity index (χ1n) is 13.2. The van der Waals surface area contributed by atoms with Crippen molar-refractivity contribution in [3.8, 4) is 11.1 Å². The fraction of sp³-hybridized carbons (Fsp3) is 0.333. The fourth-order valence-corrected chi connectivity index (χ4v) is 6.24. The number of sulfone groups is 1. The number of nitrogens with zero attached hydrogens (tertiary/aromatic N) is 1. The van der Waals surface area contributed by atoms with E-state index in [2.05, 4.69) is 10.6 Å². The number of halogens is 1. The molecule has 0 aromatic heterocycles. The van der Waals surface area contributed by atoms with Crippen LogP contribution in [0.15, 0.2) is 78.9 Å². The minimum atomic E-state index is -3.14. The number of hydrogen-bond acceptors (Lipinski definition) is 5. The third kappa shape index (κ3) is 6.91. The molecule has 2 aliphatic rings. The Bertz CT molecular complexity index is 1420. The van der Waals surface area contributed by atoms with Gasteiger partial charge in [0, 0.05) is 30.6 Å². The van der Waals surface area contributed by atoms with Crippen molar-refractivity contribution in [3.63, 3.8) is 0 Å². The lowest BCUT2D eigenvalue weighted by atomic mass is 10.0. The molecule has 1 saturated heterocycles. The number of nitrogens with one attached hydrogen (secondary N) is 2. The molecule has 9 heteroatoms. The molecule has 0 unspecified atom stereocenters. The highest BCUT2D eigenvalue weighted by molar-refractivity contribution is 7.91. The monoisotopic (exact) mass is 549 g/mol. The highest BCUT2D eigenvalue weighted by Crippen LogP contribution is 2.40. The van der Waals surface area contributed by atoms with Crippen LogP contribution < -0.4 is 10.6 Å². The third-order valence-corrected chi connectivity index (χ3v) is 9.03. The zero-order chi connectivity index (χ0) is 27.4. The van der Waals surface area contributed by atoms with Gasteiger partial charge in [0.05, 0.1) is 11.5 Å². The zero-order valence-electron chi connectivity index (χ0n) is 21.6. The SMILES string of the molecule is O=C(N[C@@H](CCN[C@@H]1C[C@H]1c1ccc(F)cc1)C(=O)N1CCS(=O)(=O)CC1)c1cccc(-c2ccccc2)c1. The number of carbonyl (C=O) groups excluding carboxylic acids is 2. The van der Waals surface area contributed by atoms with Crippen LogP contribution in [0.3, 0.4) is 0 Å². The lowest BCUT2D eigenvalue weighted by Crippen LogP contribution is -2.53. The number of benzene rings is 3. The highest BCUT2D eigenvalue weighted by atomic mass is 32.2. The standard InChI is InChI=1S/C30H32FN3O4S/c31-25-11-9-22(10-12-25)26-20-28(26)32-14-13-27(30(36)34-15-17-39(37,38)18-16-34)33-29(35)24-8-4-7-23(19-24)21-5-2-1-3-6-21/h1-12,19,26-28,32H,13-18,20H2,(H,33,35)/t26-,27-,28+/m0/s1. The average Bonchev–Trinajstić information content (AvgIpc) is 3.72. The summed E-state index contributed by atoms with van der Waals surface area (Å²) in [6.07, 6.45) is 1.28. The summed E-state index contributed by atoms with van der Waals surface area (Å²) < 4.78 is 37.0. The van der Waals surface area contributed by atoms with Crippen molar-refractivity contribution in [2.24, 2.45) is 0 Å². The van der Waals surface area contributed by atoms with E-state index in [-0.39, 0.29) is 48.3 Å². The summed E-state index contributed by atoms with van der Waals surface area (Å²) in [6.45, 7) is 0.745. The van der Waals surface area contributed by atoms with Crippen LogP contribution in [-0.4, -0.2) is 68.4 Å². The average molecular weight is 550 g/mol. The van der Waals surface area contributed by atoms with Gasteiger partial charge in [-0.3, -0.25) is 9.59 Å². The second kappa shape index (κ2) is 11.7. The molecular formula is C30H32FN3O4S. The van der Waals surface area contributed by atoms with Crippen molar-refractivity contribution >= 4 is 21.7 Å². The molecule has 0 radical (unpaired) electrons. The predicted octanol–water partition coefficient (Wildman–Crippen LogP) is 3.38. The normalized spacial score (nSPS) is 20.7. The number of carbonyl (C=O) groups is 2. The van der Waals surface area contributed by atoms with Gasteiger partial charge in [0.15, 0.2) is 9.84 Å². The second-order valence-corrected chi connectivity index (χ2v) is 12.5. The van der Waals surface area contributed by atoms with Crippen molar-refractivity contribution in [1.29, 1.82) is 0 Å². The molecule has 0 spiro atoms. The van der Waals surface area contributed by atoms with Crippen LogP contribution in [0.4, 0.5) is 4.39 Å². The van der Waals surface area contributed by atoms with E-state index in [1.54, 1.807) is 24.3 Å². The molecule has 2 fully saturated rings. The van der Waals surface area contributed by atoms with Gasteiger partial charge in [-0.2, -0.15) is 0 Å². The fourth-order valence-electron chi connectivity index (χ4n) is 5.03. The largest absolute Gasteiger partial charge is 0.340 e. The van der Waals surface area contributed by atoms with Gasteiger partial charge in [-0.15, -0.1) is 0 Å². The van der Waals surface area contributed by atoms with Crippen LogP contribution in [0.25, 0.3) is 11.1 Å². The van der Waals surface area contributed by atoms with E-state index in [4.69, 9.17) is 0 Å². The molecule has 2 N–H and O–H groups in total. The van der Waals surface area contributed by atoms with Crippen molar-refractivity contribution in [1.82, 2.24) is 15.5 Å². The number of rotatable bonds is 9. The van der Waals surface area contributed by atoms with Gasteiger partial charge in [-0.25, -0.2) is 12.8 Å². The first-order chi connectivity index (χ1) is 18.8. The van der Waals surface area contributed by atoms with E-state index < -0.39 is 15.9 Å². The molecule has 1 aliphatic carbocycles. The molecule has 1 saturated carbocycles. The Morgan fingerprint density at radius 3 is 2.33 bits per heavy atom. The van der Waals surface area contributed by atoms with E-state index in [1.165, 1.54) is 17.0 Å². The van der Waals surface area contributed by atoms with Crippen LogP contribution in [0.5, 0.6) is 0 Å². The lowest BCUT2D eigenvalue weighted by molar-refractivity contribution is -0.133. The highest BCUT2D eigenvalue weighted by Gasteiger charge is 2.38. The minimum absolute atomic E-state index is 0.0712. The molecule has 2 amide bonds. The maximum atomic E-state index is 13.4. The molecular weight excluding hydrogens is 517 g/mol. The summed E-state index contributed by atoms with van der Waals surface area (Å²) in [5.41, 5.74) is 3.40.